The van der Waals surface area contributed by atoms with Crippen molar-refractivity contribution in [2.75, 3.05) is 0 Å². The van der Waals surface area contributed by atoms with E-state index in [0.717, 1.165) is 33.6 Å². The molecule has 2 aromatic rings. The lowest BCUT2D eigenvalue weighted by molar-refractivity contribution is 0.574. The Morgan fingerprint density at radius 3 is 0.941 bits per heavy atom. The van der Waals surface area contributed by atoms with Gasteiger partial charge in [0, 0.05) is 0 Å². The van der Waals surface area contributed by atoms with Crippen molar-refractivity contribution in [2.45, 2.75) is 105 Å². The Morgan fingerprint density at radius 1 is 0.471 bits per heavy atom. The molecule has 0 heterocycles. The fourth-order valence-corrected chi connectivity index (χ4v) is 4.08. The number of nitrogens with zero attached hydrogens (tertiary/aromatic N) is 4. The number of hydrogen-bond donors (Lipinski definition) is 0. The van der Waals surface area contributed by atoms with Crippen LogP contribution in [0.1, 0.15) is 116 Å². The van der Waals surface area contributed by atoms with Crippen molar-refractivity contribution in [1.29, 1.82) is 10.5 Å². The van der Waals surface area contributed by atoms with Crippen molar-refractivity contribution in [3.8, 4) is 12.1 Å². The van der Waals surface area contributed by atoms with Gasteiger partial charge in [-0.05, 0) is 68.2 Å². The van der Waals surface area contributed by atoms with Crippen molar-refractivity contribution >= 4 is 11.4 Å². The second kappa shape index (κ2) is 8.99. The van der Waals surface area contributed by atoms with E-state index in [9.17, 15) is 10.5 Å². The van der Waals surface area contributed by atoms with Crippen LogP contribution in [-0.2, 0) is 21.7 Å². The summed E-state index contributed by atoms with van der Waals surface area (Å²) >= 11 is 0. The van der Waals surface area contributed by atoms with Crippen LogP contribution in [0.3, 0.4) is 0 Å². The molecule has 0 aromatic heterocycles. The highest BCUT2D eigenvalue weighted by atomic mass is 15.1. The SMILES string of the molecule is CC(C)(C)c1cc(N=Nc2cc(C(C)(C)C)c(C#N)cc2C(C)(C)C)c(C(C)(C)C)cc1C#N. The van der Waals surface area contributed by atoms with Crippen LogP contribution < -0.4 is 0 Å². The highest BCUT2D eigenvalue weighted by Crippen LogP contribution is 2.41. The molecule has 2 aromatic carbocycles. The van der Waals surface area contributed by atoms with Gasteiger partial charge in [-0.25, -0.2) is 0 Å². The molecule has 4 nitrogen and oxygen atoms in total. The highest BCUT2D eigenvalue weighted by molar-refractivity contribution is 5.61. The Kier molecular flexibility index (Phi) is 7.21. The van der Waals surface area contributed by atoms with Gasteiger partial charge >= 0.3 is 0 Å². The lowest BCUT2D eigenvalue weighted by Crippen LogP contribution is -2.17. The summed E-state index contributed by atoms with van der Waals surface area (Å²) in [7, 11) is 0. The molecule has 0 radical (unpaired) electrons. The van der Waals surface area contributed by atoms with E-state index >= 15 is 0 Å². The first-order valence-corrected chi connectivity index (χ1v) is 11.9. The van der Waals surface area contributed by atoms with Gasteiger partial charge in [0.1, 0.15) is 0 Å². The topological polar surface area (TPSA) is 72.3 Å². The van der Waals surface area contributed by atoms with Crippen LogP contribution in [0.5, 0.6) is 0 Å². The van der Waals surface area contributed by atoms with Crippen molar-refractivity contribution in [2.24, 2.45) is 10.2 Å². The summed E-state index contributed by atoms with van der Waals surface area (Å²) in [6.45, 7) is 25.4. The molecular formula is C30H40N4. The third-order valence-corrected chi connectivity index (χ3v) is 6.01. The standard InChI is InChI=1S/C30H40N4/c1-27(2,3)21-15-25(23(29(7,8)9)13-19(21)17-31)33-34-26-16-22(28(4,5)6)20(18-32)14-24(26)30(10,11)12/h13-16H,1-12H3. The van der Waals surface area contributed by atoms with E-state index in [0.29, 0.717) is 11.1 Å². The molecule has 0 aliphatic rings. The summed E-state index contributed by atoms with van der Waals surface area (Å²) in [5.74, 6) is 0. The van der Waals surface area contributed by atoms with Gasteiger partial charge in [-0.2, -0.15) is 20.8 Å². The smallest absolute Gasteiger partial charge is 0.0994 e. The summed E-state index contributed by atoms with van der Waals surface area (Å²) in [6, 6.07) is 12.7. The van der Waals surface area contributed by atoms with E-state index in [1.165, 1.54) is 0 Å². The van der Waals surface area contributed by atoms with Crippen LogP contribution in [0.15, 0.2) is 34.5 Å². The van der Waals surface area contributed by atoms with Crippen LogP contribution in [0.25, 0.3) is 0 Å². The zero-order valence-electron chi connectivity index (χ0n) is 23.1. The van der Waals surface area contributed by atoms with Gasteiger partial charge in [0.2, 0.25) is 0 Å². The minimum atomic E-state index is -0.204. The van der Waals surface area contributed by atoms with Crippen LogP contribution in [0, 0.1) is 22.7 Å². The van der Waals surface area contributed by atoms with Crippen LogP contribution in [0.2, 0.25) is 0 Å². The molecule has 0 aliphatic carbocycles. The maximum Gasteiger partial charge on any atom is 0.0994 e. The molecule has 34 heavy (non-hydrogen) atoms. The molecule has 0 saturated carbocycles. The molecule has 0 amide bonds. The lowest BCUT2D eigenvalue weighted by Gasteiger charge is -2.27. The zero-order chi connectivity index (χ0) is 26.3. The summed E-state index contributed by atoms with van der Waals surface area (Å²) in [6.07, 6.45) is 0. The molecule has 180 valence electrons. The molecule has 0 unspecified atom stereocenters. The quantitative estimate of drug-likeness (QED) is 0.423. The summed E-state index contributed by atoms with van der Waals surface area (Å²) in [4.78, 5) is 0. The van der Waals surface area contributed by atoms with Gasteiger partial charge < -0.3 is 0 Å². The first kappa shape index (κ1) is 27.3. The van der Waals surface area contributed by atoms with E-state index in [1.54, 1.807) is 0 Å². The van der Waals surface area contributed by atoms with Crippen molar-refractivity contribution in [3.05, 3.63) is 57.6 Å². The largest absolute Gasteiger partial charge is 0.192 e. The number of benzene rings is 2. The summed E-state index contributed by atoms with van der Waals surface area (Å²) in [5.41, 5.74) is 6.01. The lowest BCUT2D eigenvalue weighted by atomic mass is 9.78. The Labute approximate surface area is 206 Å². The number of azo groups is 1. The van der Waals surface area contributed by atoms with Gasteiger partial charge in [-0.15, -0.1) is 0 Å². The van der Waals surface area contributed by atoms with Crippen LogP contribution >= 0.6 is 0 Å². The number of rotatable bonds is 2. The summed E-state index contributed by atoms with van der Waals surface area (Å²) in [5, 5.41) is 29.2. The van der Waals surface area contributed by atoms with E-state index in [-0.39, 0.29) is 21.7 Å². The molecule has 0 bridgehead atoms. The van der Waals surface area contributed by atoms with E-state index in [2.05, 4.69) is 95.2 Å². The second-order valence-electron chi connectivity index (χ2n) is 13.3. The van der Waals surface area contributed by atoms with E-state index < -0.39 is 0 Å². The molecule has 4 heteroatoms. The third kappa shape index (κ3) is 5.92. The predicted molar refractivity (Wildman–Crippen MR) is 141 cm³/mol. The number of hydrogen-bond acceptors (Lipinski definition) is 4. The third-order valence-electron chi connectivity index (χ3n) is 6.01. The van der Waals surface area contributed by atoms with Crippen molar-refractivity contribution in [1.82, 2.24) is 0 Å². The zero-order valence-corrected chi connectivity index (χ0v) is 23.1. The van der Waals surface area contributed by atoms with E-state index in [1.807, 2.05) is 24.3 Å². The van der Waals surface area contributed by atoms with Crippen molar-refractivity contribution in [3.63, 3.8) is 0 Å². The maximum absolute atomic E-state index is 9.82. The molecule has 0 saturated heterocycles. The van der Waals surface area contributed by atoms with Crippen LogP contribution in [0.4, 0.5) is 11.4 Å². The molecule has 0 spiro atoms. The number of nitriles is 2. The average molecular weight is 457 g/mol. The monoisotopic (exact) mass is 456 g/mol. The Morgan fingerprint density at radius 2 is 0.735 bits per heavy atom. The minimum absolute atomic E-state index is 0.198. The van der Waals surface area contributed by atoms with Gasteiger partial charge in [0.05, 0.1) is 34.6 Å². The molecule has 0 aliphatic heterocycles. The van der Waals surface area contributed by atoms with Gasteiger partial charge in [0.15, 0.2) is 0 Å². The first-order valence-electron chi connectivity index (χ1n) is 11.9. The average Bonchev–Trinajstić information content (AvgIpc) is 2.68. The normalized spacial score (nSPS) is 13.1. The fourth-order valence-electron chi connectivity index (χ4n) is 4.08. The molecule has 0 fully saturated rings. The second-order valence-corrected chi connectivity index (χ2v) is 13.3. The van der Waals surface area contributed by atoms with Crippen LogP contribution in [-0.4, -0.2) is 0 Å². The molecular weight excluding hydrogens is 416 g/mol. The predicted octanol–water partition coefficient (Wildman–Crippen LogP) is 9.04. The Hall–Kier alpha value is -2.98. The molecule has 2 rings (SSSR count). The fraction of sp³-hybridized carbons (Fsp3) is 0.533. The minimum Gasteiger partial charge on any atom is -0.192 e. The van der Waals surface area contributed by atoms with Gasteiger partial charge in [-0.3, -0.25) is 0 Å². The Bertz CT molecular complexity index is 1090. The van der Waals surface area contributed by atoms with E-state index in [4.69, 9.17) is 10.2 Å². The molecule has 0 atom stereocenters. The van der Waals surface area contributed by atoms with Crippen molar-refractivity contribution < 1.29 is 0 Å². The molecule has 0 N–H and O–H groups in total. The van der Waals surface area contributed by atoms with Gasteiger partial charge in [-0.1, -0.05) is 83.1 Å². The maximum atomic E-state index is 9.82. The summed E-state index contributed by atoms with van der Waals surface area (Å²) < 4.78 is 0. The highest BCUT2D eigenvalue weighted by Gasteiger charge is 2.27. The Balaban J connectivity index is 2.87. The first-order chi connectivity index (χ1) is 15.3. The van der Waals surface area contributed by atoms with Gasteiger partial charge in [0.25, 0.3) is 0 Å².